The number of nitrogens with one attached hydrogen (secondary N) is 1. The summed E-state index contributed by atoms with van der Waals surface area (Å²) in [6.07, 6.45) is 1.89. The molecule has 0 aliphatic heterocycles. The molecule has 0 aromatic heterocycles. The van der Waals surface area contributed by atoms with Crippen molar-refractivity contribution in [1.29, 1.82) is 0 Å². The van der Waals surface area contributed by atoms with Gasteiger partial charge in [-0.1, -0.05) is 22.0 Å². The Bertz CT molecular complexity index is 463. The Hall–Kier alpha value is -0.100. The van der Waals surface area contributed by atoms with E-state index in [0.717, 1.165) is 22.9 Å². The van der Waals surface area contributed by atoms with E-state index in [1.807, 2.05) is 32.9 Å². The third-order valence-corrected chi connectivity index (χ3v) is 5.57. The number of hydrogen-bond donors (Lipinski definition) is 1. The predicted octanol–water partition coefficient (Wildman–Crippen LogP) is 3.89. The summed E-state index contributed by atoms with van der Waals surface area (Å²) in [5, 5.41) is 0. The van der Waals surface area contributed by atoms with Crippen LogP contribution in [0.2, 0.25) is 0 Å². The van der Waals surface area contributed by atoms with Crippen molar-refractivity contribution in [2.24, 2.45) is 0 Å². The molecule has 0 radical (unpaired) electrons. The van der Waals surface area contributed by atoms with E-state index in [0.29, 0.717) is 0 Å². The normalized spacial score (nSPS) is 24.9. The lowest BCUT2D eigenvalue weighted by Gasteiger charge is -2.39. The van der Waals surface area contributed by atoms with Crippen molar-refractivity contribution in [2.75, 3.05) is 0 Å². The zero-order chi connectivity index (χ0) is 14.2. The molecule has 1 saturated carbocycles. The highest BCUT2D eigenvalue weighted by molar-refractivity contribution is 9.10. The molecule has 0 amide bonds. The maximum absolute atomic E-state index is 13.9. The van der Waals surface area contributed by atoms with Crippen LogP contribution >= 0.6 is 15.9 Å². The Morgan fingerprint density at radius 3 is 2.53 bits per heavy atom. The van der Waals surface area contributed by atoms with Crippen LogP contribution in [-0.2, 0) is 11.4 Å². The highest BCUT2D eigenvalue weighted by atomic mass is 79.9. The summed E-state index contributed by atoms with van der Waals surface area (Å²) in [5.74, 6) is -0.0631. The van der Waals surface area contributed by atoms with Gasteiger partial charge in [0, 0.05) is 21.8 Å². The molecular formula is C14H19BrFNOS. The number of halogens is 2. The summed E-state index contributed by atoms with van der Waals surface area (Å²) in [7, 11) is 0. The van der Waals surface area contributed by atoms with Gasteiger partial charge in [-0.3, -0.25) is 0 Å². The minimum atomic E-state index is -1.10. The summed E-state index contributed by atoms with van der Waals surface area (Å²) in [5.41, 5.74) is 0.720. The fourth-order valence-corrected chi connectivity index (χ4v) is 3.37. The largest absolute Gasteiger partial charge is 0.598 e. The zero-order valence-corrected chi connectivity index (χ0v) is 13.8. The summed E-state index contributed by atoms with van der Waals surface area (Å²) >= 11 is 2.16. The van der Waals surface area contributed by atoms with E-state index in [-0.39, 0.29) is 22.5 Å². The molecule has 2 nitrogen and oxygen atoms in total. The van der Waals surface area contributed by atoms with Gasteiger partial charge in [0.25, 0.3) is 0 Å². The lowest BCUT2D eigenvalue weighted by atomic mass is 9.75. The highest BCUT2D eigenvalue weighted by Crippen LogP contribution is 2.39. The fraction of sp³-hybridized carbons (Fsp3) is 0.571. The van der Waals surface area contributed by atoms with Gasteiger partial charge in [0.05, 0.1) is 6.04 Å². The topological polar surface area (TPSA) is 35.1 Å². The minimum Gasteiger partial charge on any atom is -0.598 e. The van der Waals surface area contributed by atoms with E-state index in [1.54, 1.807) is 0 Å². The van der Waals surface area contributed by atoms with Gasteiger partial charge in [-0.25, -0.2) is 4.39 Å². The van der Waals surface area contributed by atoms with Gasteiger partial charge in [0.1, 0.15) is 10.6 Å². The number of benzene rings is 1. The minimum absolute atomic E-state index is 0.107. The van der Waals surface area contributed by atoms with E-state index in [2.05, 4.69) is 20.7 Å². The summed E-state index contributed by atoms with van der Waals surface area (Å²) in [6, 6.07) is 5.27. The van der Waals surface area contributed by atoms with Crippen LogP contribution in [0.5, 0.6) is 0 Å². The Morgan fingerprint density at radius 2 is 2.05 bits per heavy atom. The van der Waals surface area contributed by atoms with Crippen molar-refractivity contribution in [1.82, 2.24) is 4.72 Å². The quantitative estimate of drug-likeness (QED) is 0.842. The van der Waals surface area contributed by atoms with Crippen LogP contribution in [0, 0.1) is 5.82 Å². The molecule has 3 atom stereocenters. The molecule has 2 rings (SSSR count). The standard InChI is InChI=1S/C14H19BrFNOS/c1-14(2,3)19(18)17-13-7-6-11(13)10-5-4-9(15)8-12(10)16/h4-5,8,11,13,17H,6-7H2,1-3H3. The van der Waals surface area contributed by atoms with Crippen molar-refractivity contribution in [3.63, 3.8) is 0 Å². The van der Waals surface area contributed by atoms with Crippen molar-refractivity contribution < 1.29 is 8.94 Å². The molecule has 106 valence electrons. The fourth-order valence-electron chi connectivity index (χ4n) is 2.13. The van der Waals surface area contributed by atoms with Gasteiger partial charge in [-0.15, -0.1) is 4.72 Å². The average Bonchev–Trinajstić information content (AvgIpc) is 2.26. The van der Waals surface area contributed by atoms with E-state index in [9.17, 15) is 8.94 Å². The molecule has 0 heterocycles. The molecule has 1 aliphatic rings. The molecule has 1 fully saturated rings. The van der Waals surface area contributed by atoms with Crippen LogP contribution in [0.3, 0.4) is 0 Å². The zero-order valence-electron chi connectivity index (χ0n) is 11.4. The molecule has 1 aromatic rings. The smallest absolute Gasteiger partial charge is 0.136 e. The van der Waals surface area contributed by atoms with Crippen LogP contribution in [0.25, 0.3) is 0 Å². The van der Waals surface area contributed by atoms with Gasteiger partial charge in [-0.2, -0.15) is 0 Å². The number of rotatable bonds is 3. The van der Waals surface area contributed by atoms with E-state index in [4.69, 9.17) is 0 Å². The average molecular weight is 348 g/mol. The van der Waals surface area contributed by atoms with Gasteiger partial charge >= 0.3 is 0 Å². The molecule has 0 bridgehead atoms. The molecular weight excluding hydrogens is 329 g/mol. The van der Waals surface area contributed by atoms with Crippen molar-refractivity contribution >= 4 is 27.3 Å². The summed E-state index contributed by atoms with van der Waals surface area (Å²) in [6.45, 7) is 5.80. The first-order chi connectivity index (χ1) is 8.79. The molecule has 1 aromatic carbocycles. The third-order valence-electron chi connectivity index (χ3n) is 3.45. The lowest BCUT2D eigenvalue weighted by molar-refractivity contribution is 0.310. The second-order valence-electron chi connectivity index (χ2n) is 5.96. The van der Waals surface area contributed by atoms with Crippen molar-refractivity contribution in [3.8, 4) is 0 Å². The Kier molecular flexibility index (Phi) is 4.60. The van der Waals surface area contributed by atoms with Gasteiger partial charge in [-0.05, 0) is 51.3 Å². The summed E-state index contributed by atoms with van der Waals surface area (Å²) < 4.78 is 29.6. The first-order valence-corrected chi connectivity index (χ1v) is 8.36. The molecule has 19 heavy (non-hydrogen) atoms. The summed E-state index contributed by atoms with van der Waals surface area (Å²) in [4.78, 5) is 0. The maximum atomic E-state index is 13.9. The van der Waals surface area contributed by atoms with E-state index in [1.165, 1.54) is 6.07 Å². The number of hydrogen-bond acceptors (Lipinski definition) is 2. The van der Waals surface area contributed by atoms with Gasteiger partial charge in [0.15, 0.2) is 0 Å². The molecule has 1 N–H and O–H groups in total. The maximum Gasteiger partial charge on any atom is 0.136 e. The molecule has 1 aliphatic carbocycles. The van der Waals surface area contributed by atoms with Crippen LogP contribution < -0.4 is 4.72 Å². The van der Waals surface area contributed by atoms with Crippen LogP contribution in [0.1, 0.15) is 45.1 Å². The first kappa shape index (κ1) is 15.3. The second-order valence-corrected chi connectivity index (χ2v) is 8.87. The van der Waals surface area contributed by atoms with Crippen molar-refractivity contribution in [2.45, 2.75) is 50.3 Å². The highest BCUT2D eigenvalue weighted by Gasteiger charge is 2.39. The third kappa shape index (κ3) is 3.51. The van der Waals surface area contributed by atoms with E-state index >= 15 is 0 Å². The Labute approximate surface area is 125 Å². The predicted molar refractivity (Wildman–Crippen MR) is 80.9 cm³/mol. The Morgan fingerprint density at radius 1 is 1.37 bits per heavy atom. The van der Waals surface area contributed by atoms with E-state index < -0.39 is 11.4 Å². The van der Waals surface area contributed by atoms with Crippen molar-refractivity contribution in [3.05, 3.63) is 34.1 Å². The van der Waals surface area contributed by atoms with Crippen LogP contribution in [0.4, 0.5) is 4.39 Å². The molecule has 5 heteroatoms. The molecule has 3 unspecified atom stereocenters. The first-order valence-electron chi connectivity index (χ1n) is 6.42. The lowest BCUT2D eigenvalue weighted by Crippen LogP contribution is -2.50. The monoisotopic (exact) mass is 347 g/mol. The Balaban J connectivity index is 2.06. The van der Waals surface area contributed by atoms with Crippen LogP contribution in [0.15, 0.2) is 22.7 Å². The van der Waals surface area contributed by atoms with Gasteiger partial charge in [0.2, 0.25) is 0 Å². The second kappa shape index (κ2) is 5.72. The van der Waals surface area contributed by atoms with Gasteiger partial charge < -0.3 is 4.55 Å². The molecule has 0 saturated heterocycles. The molecule has 0 spiro atoms. The van der Waals surface area contributed by atoms with Crippen LogP contribution in [-0.4, -0.2) is 15.3 Å². The SMILES string of the molecule is CC(C)(C)[S+]([O-])NC1CCC1c1ccc(Br)cc1F.